The summed E-state index contributed by atoms with van der Waals surface area (Å²) in [6.07, 6.45) is 0. The fourth-order valence-corrected chi connectivity index (χ4v) is 4.74. The second-order valence-corrected chi connectivity index (χ2v) is 9.13. The number of benzene rings is 1. The highest BCUT2D eigenvalue weighted by Crippen LogP contribution is 2.27. The Morgan fingerprint density at radius 3 is 2.15 bits per heavy atom. The predicted octanol–water partition coefficient (Wildman–Crippen LogP) is -0.517. The molecule has 9 nitrogen and oxygen atoms in total. The van der Waals surface area contributed by atoms with E-state index in [1.807, 2.05) is 4.90 Å². The minimum Gasteiger partial charge on any atom is -0.368 e. The summed E-state index contributed by atoms with van der Waals surface area (Å²) in [7, 11) is -2.46. The van der Waals surface area contributed by atoms with Gasteiger partial charge in [0.2, 0.25) is 15.9 Å². The van der Waals surface area contributed by atoms with E-state index >= 15 is 0 Å². The van der Waals surface area contributed by atoms with Crippen molar-refractivity contribution in [3.63, 3.8) is 0 Å². The predicted molar refractivity (Wildman–Crippen MR) is 96.5 cm³/mol. The van der Waals surface area contributed by atoms with E-state index in [0.717, 1.165) is 4.90 Å². The fourth-order valence-electron chi connectivity index (χ4n) is 3.29. The molecule has 1 aromatic rings. The Balaban J connectivity index is 1.82. The van der Waals surface area contributed by atoms with Gasteiger partial charge in [-0.05, 0) is 32.0 Å². The maximum atomic E-state index is 13.0. The molecule has 0 aromatic heterocycles. The molecule has 146 valence electrons. The van der Waals surface area contributed by atoms with Crippen LogP contribution in [0.2, 0.25) is 0 Å². The zero-order valence-corrected chi connectivity index (χ0v) is 16.2. The molecule has 2 aliphatic rings. The summed E-state index contributed by atoms with van der Waals surface area (Å²) in [4.78, 5) is 38.5. The average molecular weight is 394 g/mol. The third-order valence-electron chi connectivity index (χ3n) is 5.33. The van der Waals surface area contributed by atoms with E-state index in [1.54, 1.807) is 13.8 Å². The lowest BCUT2D eigenvalue weighted by Crippen LogP contribution is -2.60. The zero-order valence-electron chi connectivity index (χ0n) is 15.4. The molecule has 27 heavy (non-hydrogen) atoms. The Morgan fingerprint density at radius 2 is 1.59 bits per heavy atom. The Kier molecular flexibility index (Phi) is 4.61. The summed E-state index contributed by atoms with van der Waals surface area (Å²) in [6.45, 7) is 4.53. The molecule has 3 rings (SSSR count). The number of hydrogen-bond acceptors (Lipinski definition) is 6. The number of carbonyl (C=O) groups is 3. The van der Waals surface area contributed by atoms with Crippen LogP contribution in [0.3, 0.4) is 0 Å². The maximum Gasteiger partial charge on any atom is 0.261 e. The van der Waals surface area contributed by atoms with E-state index in [2.05, 4.69) is 0 Å². The molecule has 3 amide bonds. The topological polar surface area (TPSA) is 121 Å². The monoisotopic (exact) mass is 394 g/mol. The number of fused-ring (bicyclic) bond motifs is 1. The minimum atomic E-state index is -3.82. The highest BCUT2D eigenvalue weighted by Gasteiger charge is 2.39. The highest BCUT2D eigenvalue weighted by molar-refractivity contribution is 7.89. The lowest BCUT2D eigenvalue weighted by molar-refractivity contribution is -0.129. The van der Waals surface area contributed by atoms with Gasteiger partial charge in [-0.2, -0.15) is 4.31 Å². The number of hydrogen-bond donors (Lipinski definition) is 1. The van der Waals surface area contributed by atoms with Crippen LogP contribution in [0.1, 0.15) is 34.6 Å². The van der Waals surface area contributed by atoms with Crippen molar-refractivity contribution < 1.29 is 22.8 Å². The van der Waals surface area contributed by atoms with Gasteiger partial charge < -0.3 is 5.73 Å². The molecule has 1 aromatic carbocycles. The molecule has 0 radical (unpaired) electrons. The molecule has 0 atom stereocenters. The summed E-state index contributed by atoms with van der Waals surface area (Å²) >= 11 is 0. The van der Waals surface area contributed by atoms with Crippen LogP contribution in [0.15, 0.2) is 23.1 Å². The quantitative estimate of drug-likeness (QED) is 0.686. The maximum absolute atomic E-state index is 13.0. The van der Waals surface area contributed by atoms with Gasteiger partial charge in [0.1, 0.15) is 0 Å². The zero-order chi connectivity index (χ0) is 20.1. The van der Waals surface area contributed by atoms with E-state index in [1.165, 1.54) is 29.6 Å². The molecule has 2 heterocycles. The van der Waals surface area contributed by atoms with Gasteiger partial charge in [-0.25, -0.2) is 8.42 Å². The lowest BCUT2D eigenvalue weighted by Gasteiger charge is -2.41. The van der Waals surface area contributed by atoms with Gasteiger partial charge >= 0.3 is 0 Å². The summed E-state index contributed by atoms with van der Waals surface area (Å²) in [6, 6.07) is 3.98. The molecule has 2 N–H and O–H groups in total. The minimum absolute atomic E-state index is 0.0275. The molecular weight excluding hydrogens is 372 g/mol. The smallest absolute Gasteiger partial charge is 0.261 e. The molecule has 1 fully saturated rings. The first-order valence-electron chi connectivity index (χ1n) is 8.49. The third kappa shape index (κ3) is 3.03. The van der Waals surface area contributed by atoms with Crippen LogP contribution in [0, 0.1) is 0 Å². The Morgan fingerprint density at radius 1 is 1.04 bits per heavy atom. The summed E-state index contributed by atoms with van der Waals surface area (Å²) in [5.74, 6) is -1.42. The first-order valence-corrected chi connectivity index (χ1v) is 9.93. The Bertz CT molecular complexity index is 933. The van der Waals surface area contributed by atoms with Crippen LogP contribution in [-0.4, -0.2) is 79.0 Å². The number of piperazine rings is 1. The van der Waals surface area contributed by atoms with Crippen LogP contribution in [0.5, 0.6) is 0 Å². The molecular formula is C17H22N4O5S. The van der Waals surface area contributed by atoms with Gasteiger partial charge in [0.25, 0.3) is 11.8 Å². The number of rotatable bonds is 4. The van der Waals surface area contributed by atoms with E-state index in [4.69, 9.17) is 5.73 Å². The molecule has 1 saturated heterocycles. The first kappa shape index (κ1) is 19.5. The normalized spacial score (nSPS) is 19.4. The van der Waals surface area contributed by atoms with Gasteiger partial charge in [0, 0.05) is 33.2 Å². The first-order chi connectivity index (χ1) is 12.5. The second-order valence-electron chi connectivity index (χ2n) is 7.19. The standard InChI is InChI=1S/C17H22N4O5S/c1-17(2,16(18)24)20-6-8-21(9-7-20)27(25,26)11-4-5-12-13(10-11)15(23)19(3)14(12)22/h4-5,10H,6-9H2,1-3H3,(H2,18,24). The molecule has 0 saturated carbocycles. The van der Waals surface area contributed by atoms with Gasteiger partial charge in [0.05, 0.1) is 21.6 Å². The summed E-state index contributed by atoms with van der Waals surface area (Å²) in [5.41, 5.74) is 4.86. The van der Waals surface area contributed by atoms with Crippen LogP contribution in [0.4, 0.5) is 0 Å². The summed E-state index contributed by atoms with van der Waals surface area (Å²) in [5, 5.41) is 0. The van der Waals surface area contributed by atoms with Crippen molar-refractivity contribution >= 4 is 27.7 Å². The average Bonchev–Trinajstić information content (AvgIpc) is 2.85. The number of amides is 3. The number of nitrogens with zero attached hydrogens (tertiary/aromatic N) is 3. The van der Waals surface area contributed by atoms with Crippen LogP contribution < -0.4 is 5.73 Å². The van der Waals surface area contributed by atoms with Gasteiger partial charge in [0.15, 0.2) is 0 Å². The van der Waals surface area contributed by atoms with Crippen LogP contribution >= 0.6 is 0 Å². The van der Waals surface area contributed by atoms with Crippen molar-refractivity contribution in [1.29, 1.82) is 0 Å². The highest BCUT2D eigenvalue weighted by atomic mass is 32.2. The molecule has 10 heteroatoms. The molecule has 0 bridgehead atoms. The van der Waals surface area contributed by atoms with E-state index in [0.29, 0.717) is 13.1 Å². The van der Waals surface area contributed by atoms with Gasteiger partial charge in [-0.1, -0.05) is 0 Å². The Hall–Kier alpha value is -2.30. The summed E-state index contributed by atoms with van der Waals surface area (Å²) < 4.78 is 27.2. The van der Waals surface area contributed by atoms with E-state index < -0.39 is 33.3 Å². The van der Waals surface area contributed by atoms with Crippen LogP contribution in [-0.2, 0) is 14.8 Å². The molecule has 0 aliphatic carbocycles. The number of primary amides is 1. The number of sulfonamides is 1. The molecule has 0 unspecified atom stereocenters. The number of carbonyl (C=O) groups excluding carboxylic acids is 3. The van der Waals surface area contributed by atoms with E-state index in [9.17, 15) is 22.8 Å². The fraction of sp³-hybridized carbons (Fsp3) is 0.471. The third-order valence-corrected chi connectivity index (χ3v) is 7.23. The van der Waals surface area contributed by atoms with Crippen molar-refractivity contribution in [3.8, 4) is 0 Å². The van der Waals surface area contributed by atoms with Crippen molar-refractivity contribution in [3.05, 3.63) is 29.3 Å². The van der Waals surface area contributed by atoms with Crippen molar-refractivity contribution in [2.45, 2.75) is 24.3 Å². The van der Waals surface area contributed by atoms with Crippen molar-refractivity contribution in [2.24, 2.45) is 5.73 Å². The van der Waals surface area contributed by atoms with E-state index in [-0.39, 0.29) is 29.1 Å². The van der Waals surface area contributed by atoms with Crippen LogP contribution in [0.25, 0.3) is 0 Å². The Labute approximate surface area is 157 Å². The number of nitrogens with two attached hydrogens (primary N) is 1. The van der Waals surface area contributed by atoms with Gasteiger partial charge in [-0.3, -0.25) is 24.2 Å². The van der Waals surface area contributed by atoms with Gasteiger partial charge in [-0.15, -0.1) is 0 Å². The van der Waals surface area contributed by atoms with Crippen molar-refractivity contribution in [2.75, 3.05) is 33.2 Å². The molecule has 2 aliphatic heterocycles. The lowest BCUT2D eigenvalue weighted by atomic mass is 10.0. The molecule has 0 spiro atoms. The second kappa shape index (κ2) is 6.39. The van der Waals surface area contributed by atoms with Crippen molar-refractivity contribution in [1.82, 2.24) is 14.1 Å². The number of imide groups is 1. The largest absolute Gasteiger partial charge is 0.368 e. The SMILES string of the molecule is CN1C(=O)c2ccc(S(=O)(=O)N3CCN(C(C)(C)C(N)=O)CC3)cc2C1=O.